The molecule has 1 aromatic carbocycles. The van der Waals surface area contributed by atoms with Crippen molar-refractivity contribution >= 4 is 17.6 Å². The Kier molecular flexibility index (Phi) is 4.92. The predicted molar refractivity (Wildman–Crippen MR) is 97.4 cm³/mol. The van der Waals surface area contributed by atoms with Crippen LogP contribution in [0.3, 0.4) is 0 Å². The predicted octanol–water partition coefficient (Wildman–Crippen LogP) is 3.29. The summed E-state index contributed by atoms with van der Waals surface area (Å²) in [4.78, 5) is 24.0. The third-order valence-electron chi connectivity index (χ3n) is 4.30. The number of hydrogen-bond donors (Lipinski definition) is 3. The van der Waals surface area contributed by atoms with Crippen molar-refractivity contribution in [2.75, 3.05) is 11.9 Å². The molecule has 1 fully saturated rings. The summed E-state index contributed by atoms with van der Waals surface area (Å²) < 4.78 is 0. The Labute approximate surface area is 144 Å². The van der Waals surface area contributed by atoms with Crippen molar-refractivity contribution in [3.8, 4) is 0 Å². The Morgan fingerprint density at radius 1 is 1.12 bits per heavy atom. The van der Waals surface area contributed by atoms with E-state index in [0.29, 0.717) is 13.0 Å². The second kappa shape index (κ2) is 6.46. The molecule has 0 spiro atoms. The van der Waals surface area contributed by atoms with Gasteiger partial charge in [-0.2, -0.15) is 0 Å². The van der Waals surface area contributed by atoms with Gasteiger partial charge in [-0.1, -0.05) is 53.7 Å². The van der Waals surface area contributed by atoms with Gasteiger partial charge in [0.05, 0.1) is 0 Å². The SMILES string of the molecule is CC(C)(C)c1ccc(C(C)(C)C)c(NC(=O)N[C@@H]2CCNC2=O)c1. The van der Waals surface area contributed by atoms with Gasteiger partial charge in [0.25, 0.3) is 0 Å². The zero-order chi connectivity index (χ0) is 18.1. The van der Waals surface area contributed by atoms with Gasteiger partial charge < -0.3 is 16.0 Å². The number of carbonyl (C=O) groups excluding carboxylic acids is 2. The van der Waals surface area contributed by atoms with Crippen molar-refractivity contribution in [2.24, 2.45) is 0 Å². The topological polar surface area (TPSA) is 70.2 Å². The van der Waals surface area contributed by atoms with Crippen LogP contribution in [-0.4, -0.2) is 24.5 Å². The largest absolute Gasteiger partial charge is 0.354 e. The highest BCUT2D eigenvalue weighted by Gasteiger charge is 2.27. The van der Waals surface area contributed by atoms with Crippen molar-refractivity contribution < 1.29 is 9.59 Å². The minimum absolute atomic E-state index is 0.00530. The van der Waals surface area contributed by atoms with E-state index in [1.54, 1.807) is 0 Å². The molecule has 0 bridgehead atoms. The zero-order valence-electron chi connectivity index (χ0n) is 15.5. The minimum Gasteiger partial charge on any atom is -0.354 e. The number of amides is 3. The van der Waals surface area contributed by atoms with Gasteiger partial charge in [0.1, 0.15) is 6.04 Å². The van der Waals surface area contributed by atoms with E-state index in [1.165, 1.54) is 0 Å². The van der Waals surface area contributed by atoms with Crippen LogP contribution in [-0.2, 0) is 15.6 Å². The van der Waals surface area contributed by atoms with Crippen LogP contribution >= 0.6 is 0 Å². The summed E-state index contributed by atoms with van der Waals surface area (Å²) in [5.74, 6) is -0.121. The lowest BCUT2D eigenvalue weighted by molar-refractivity contribution is -0.120. The molecule has 132 valence electrons. The summed E-state index contributed by atoms with van der Waals surface area (Å²) in [5.41, 5.74) is 2.93. The molecule has 1 aliphatic rings. The van der Waals surface area contributed by atoms with E-state index < -0.39 is 6.04 Å². The normalized spacial score (nSPS) is 18.2. The molecule has 1 aromatic rings. The van der Waals surface area contributed by atoms with Gasteiger partial charge in [-0.3, -0.25) is 4.79 Å². The quantitative estimate of drug-likeness (QED) is 0.778. The fraction of sp³-hybridized carbons (Fsp3) is 0.579. The van der Waals surface area contributed by atoms with Gasteiger partial charge in [0, 0.05) is 12.2 Å². The first-order chi connectivity index (χ1) is 11.0. The Morgan fingerprint density at radius 3 is 2.29 bits per heavy atom. The number of rotatable bonds is 2. The van der Waals surface area contributed by atoms with Crippen LogP contribution < -0.4 is 16.0 Å². The summed E-state index contributed by atoms with van der Waals surface area (Å²) in [5, 5.41) is 8.42. The highest BCUT2D eigenvalue weighted by Crippen LogP contribution is 2.33. The van der Waals surface area contributed by atoms with Gasteiger partial charge in [-0.25, -0.2) is 4.79 Å². The van der Waals surface area contributed by atoms with Crippen molar-refractivity contribution in [1.29, 1.82) is 0 Å². The molecular formula is C19H29N3O2. The van der Waals surface area contributed by atoms with Crippen LogP contribution in [0.25, 0.3) is 0 Å². The first-order valence-corrected chi connectivity index (χ1v) is 8.49. The molecule has 0 saturated carbocycles. The maximum Gasteiger partial charge on any atom is 0.319 e. The molecule has 0 aliphatic carbocycles. The average molecular weight is 331 g/mol. The van der Waals surface area contributed by atoms with Crippen molar-refractivity contribution in [3.63, 3.8) is 0 Å². The van der Waals surface area contributed by atoms with Crippen LogP contribution in [0, 0.1) is 0 Å². The van der Waals surface area contributed by atoms with Gasteiger partial charge in [-0.05, 0) is 34.4 Å². The highest BCUT2D eigenvalue weighted by molar-refractivity contribution is 5.95. The second-order valence-electron chi connectivity index (χ2n) is 8.49. The van der Waals surface area contributed by atoms with E-state index in [9.17, 15) is 9.59 Å². The Bertz CT molecular complexity index is 639. The summed E-state index contributed by atoms with van der Waals surface area (Å²) in [7, 11) is 0. The van der Waals surface area contributed by atoms with Crippen molar-refractivity contribution in [2.45, 2.75) is 64.8 Å². The minimum atomic E-state index is -0.450. The van der Waals surface area contributed by atoms with Gasteiger partial charge in [0.2, 0.25) is 5.91 Å². The van der Waals surface area contributed by atoms with E-state index in [1.807, 2.05) is 6.07 Å². The standard InChI is InChI=1S/C19H29N3O2/c1-18(2,3)12-7-8-13(19(4,5)6)15(11-12)22-17(24)21-14-9-10-20-16(14)23/h7-8,11,14H,9-10H2,1-6H3,(H,20,23)(H2,21,22,24)/t14-/m1/s1. The maximum atomic E-state index is 12.4. The van der Waals surface area contributed by atoms with Crippen molar-refractivity contribution in [1.82, 2.24) is 10.6 Å². The third-order valence-corrected chi connectivity index (χ3v) is 4.30. The lowest BCUT2D eigenvalue weighted by Gasteiger charge is -2.27. The molecule has 0 aromatic heterocycles. The average Bonchev–Trinajstić information content (AvgIpc) is 2.81. The molecule has 1 aliphatic heterocycles. The molecule has 3 N–H and O–H groups in total. The number of hydrogen-bond acceptors (Lipinski definition) is 2. The molecule has 0 unspecified atom stereocenters. The van der Waals surface area contributed by atoms with Gasteiger partial charge >= 0.3 is 6.03 Å². The molecule has 0 radical (unpaired) electrons. The van der Waals surface area contributed by atoms with Crippen LogP contribution in [0.4, 0.5) is 10.5 Å². The van der Waals surface area contributed by atoms with Gasteiger partial charge in [0.15, 0.2) is 0 Å². The monoisotopic (exact) mass is 331 g/mol. The fourth-order valence-corrected chi connectivity index (χ4v) is 2.82. The molecule has 1 saturated heterocycles. The van der Waals surface area contributed by atoms with E-state index in [-0.39, 0.29) is 22.8 Å². The van der Waals surface area contributed by atoms with E-state index in [4.69, 9.17) is 0 Å². The summed E-state index contributed by atoms with van der Waals surface area (Å²) in [6, 6.07) is 5.45. The lowest BCUT2D eigenvalue weighted by Crippen LogP contribution is -2.42. The smallest absolute Gasteiger partial charge is 0.319 e. The zero-order valence-corrected chi connectivity index (χ0v) is 15.5. The van der Waals surface area contributed by atoms with Crippen LogP contribution in [0.15, 0.2) is 18.2 Å². The van der Waals surface area contributed by atoms with E-state index in [2.05, 4.69) is 69.6 Å². The number of nitrogens with one attached hydrogen (secondary N) is 3. The summed E-state index contributed by atoms with van der Waals surface area (Å²) in [6.07, 6.45) is 0.625. The third kappa shape index (κ3) is 4.28. The van der Waals surface area contributed by atoms with E-state index in [0.717, 1.165) is 16.8 Å². The molecule has 1 heterocycles. The van der Waals surface area contributed by atoms with Crippen LogP contribution in [0.5, 0.6) is 0 Å². The molecule has 24 heavy (non-hydrogen) atoms. The number of urea groups is 1. The molecule has 2 rings (SSSR count). The lowest BCUT2D eigenvalue weighted by atomic mass is 9.81. The molecule has 5 heteroatoms. The first-order valence-electron chi connectivity index (χ1n) is 8.49. The number of carbonyl (C=O) groups is 2. The van der Waals surface area contributed by atoms with Crippen molar-refractivity contribution in [3.05, 3.63) is 29.3 Å². The Hall–Kier alpha value is -2.04. The van der Waals surface area contributed by atoms with E-state index >= 15 is 0 Å². The number of anilines is 1. The molecule has 3 amide bonds. The highest BCUT2D eigenvalue weighted by atomic mass is 16.2. The maximum absolute atomic E-state index is 12.4. The second-order valence-corrected chi connectivity index (χ2v) is 8.49. The van der Waals surface area contributed by atoms with Gasteiger partial charge in [-0.15, -0.1) is 0 Å². The Balaban J connectivity index is 2.25. The molecular weight excluding hydrogens is 302 g/mol. The number of benzene rings is 1. The summed E-state index contributed by atoms with van der Waals surface area (Å²) in [6.45, 7) is 13.4. The van der Waals surface area contributed by atoms with Crippen LogP contribution in [0.1, 0.15) is 59.1 Å². The summed E-state index contributed by atoms with van der Waals surface area (Å²) >= 11 is 0. The first kappa shape index (κ1) is 18.3. The fourth-order valence-electron chi connectivity index (χ4n) is 2.82. The molecule has 5 nitrogen and oxygen atoms in total. The van der Waals surface area contributed by atoms with Crippen LogP contribution in [0.2, 0.25) is 0 Å². The Morgan fingerprint density at radius 2 is 1.79 bits per heavy atom. The molecule has 1 atom stereocenters.